The molecule has 1 saturated heterocycles. The number of aryl methyl sites for hydroxylation is 1. The third kappa shape index (κ3) is 4.30. The Morgan fingerprint density at radius 2 is 1.92 bits per heavy atom. The number of ether oxygens (including phenoxy) is 2. The molecular formula is C27H34N6O3. The van der Waals surface area contributed by atoms with Crippen molar-refractivity contribution in [1.29, 1.82) is 0 Å². The van der Waals surface area contributed by atoms with Crippen LogP contribution < -0.4 is 15.0 Å². The molecular weight excluding hydrogens is 456 g/mol. The minimum atomic E-state index is -0.932. The van der Waals surface area contributed by atoms with Gasteiger partial charge in [-0.15, -0.1) is 0 Å². The molecule has 1 N–H and O–H groups in total. The van der Waals surface area contributed by atoms with Crippen molar-refractivity contribution >= 4 is 34.3 Å². The summed E-state index contributed by atoms with van der Waals surface area (Å²) in [7, 11) is 0. The van der Waals surface area contributed by atoms with Crippen LogP contribution in [-0.2, 0) is 16.1 Å². The Hall–Kier alpha value is -3.20. The third-order valence-electron chi connectivity index (χ3n) is 7.68. The van der Waals surface area contributed by atoms with E-state index in [4.69, 9.17) is 19.6 Å². The standard InChI is InChI=1S/C27H34N6O3/c1-17-12-19-16-32(15-18-8-10-35-11-9-18)31-22(19)13-21(17)29-26-28-14-23-24(30-26)33(20-6-4-5-7-20)25(34)27(2,3)36-23/h12-14,16,18,20H,4-11,15H2,1-3H3,(H,28,29,30). The van der Waals surface area contributed by atoms with Gasteiger partial charge in [0.05, 0.1) is 11.7 Å². The first-order valence-electron chi connectivity index (χ1n) is 13.1. The first kappa shape index (κ1) is 23.2. The fourth-order valence-corrected chi connectivity index (χ4v) is 5.65. The SMILES string of the molecule is Cc1cc2cn(CC3CCOCC3)nc2cc1Nc1ncc2c(n1)N(C1CCCC1)C(=O)C(C)(C)O2. The number of nitrogens with one attached hydrogen (secondary N) is 1. The van der Waals surface area contributed by atoms with E-state index in [0.717, 1.165) is 80.4 Å². The topological polar surface area (TPSA) is 94.4 Å². The van der Waals surface area contributed by atoms with E-state index in [0.29, 0.717) is 23.4 Å². The molecule has 3 aromatic rings. The third-order valence-corrected chi connectivity index (χ3v) is 7.68. The predicted molar refractivity (Wildman–Crippen MR) is 138 cm³/mol. The second-order valence-corrected chi connectivity index (χ2v) is 10.9. The van der Waals surface area contributed by atoms with E-state index < -0.39 is 5.60 Å². The first-order chi connectivity index (χ1) is 17.4. The Morgan fingerprint density at radius 3 is 2.69 bits per heavy atom. The largest absolute Gasteiger partial charge is 0.472 e. The lowest BCUT2D eigenvalue weighted by Crippen LogP contribution is -2.55. The quantitative estimate of drug-likeness (QED) is 0.551. The molecule has 4 heterocycles. The second kappa shape index (κ2) is 9.03. The Balaban J connectivity index is 1.28. The van der Waals surface area contributed by atoms with E-state index in [9.17, 15) is 4.79 Å². The molecule has 3 aliphatic rings. The Bertz CT molecular complexity index is 1290. The van der Waals surface area contributed by atoms with Crippen LogP contribution in [0.1, 0.15) is 57.9 Å². The lowest BCUT2D eigenvalue weighted by atomic mass is 10.0. The number of benzene rings is 1. The Labute approximate surface area is 211 Å². The van der Waals surface area contributed by atoms with Gasteiger partial charge in [0, 0.05) is 43.1 Å². The first-order valence-corrected chi connectivity index (χ1v) is 13.1. The Morgan fingerprint density at radius 1 is 1.14 bits per heavy atom. The molecule has 1 aromatic carbocycles. The van der Waals surface area contributed by atoms with Crippen LogP contribution in [0.4, 0.5) is 17.5 Å². The normalized spacial score (nSPS) is 20.5. The zero-order valence-corrected chi connectivity index (χ0v) is 21.3. The average molecular weight is 491 g/mol. The van der Waals surface area contributed by atoms with Gasteiger partial charge in [0.25, 0.3) is 5.91 Å². The molecule has 9 nitrogen and oxygen atoms in total. The molecule has 2 fully saturated rings. The fraction of sp³-hybridized carbons (Fsp3) is 0.556. The monoisotopic (exact) mass is 490 g/mol. The number of aromatic nitrogens is 4. The van der Waals surface area contributed by atoms with E-state index in [1.54, 1.807) is 6.20 Å². The van der Waals surface area contributed by atoms with Gasteiger partial charge in [-0.2, -0.15) is 10.1 Å². The second-order valence-electron chi connectivity index (χ2n) is 10.9. The number of hydrogen-bond acceptors (Lipinski definition) is 7. The maximum atomic E-state index is 13.3. The molecule has 9 heteroatoms. The van der Waals surface area contributed by atoms with Gasteiger partial charge in [-0.25, -0.2) is 4.98 Å². The smallest absolute Gasteiger partial charge is 0.272 e. The van der Waals surface area contributed by atoms with E-state index in [1.165, 1.54) is 0 Å². The van der Waals surface area contributed by atoms with Crippen molar-refractivity contribution in [2.45, 2.75) is 77.5 Å². The van der Waals surface area contributed by atoms with Crippen LogP contribution >= 0.6 is 0 Å². The van der Waals surface area contributed by atoms with E-state index in [-0.39, 0.29) is 11.9 Å². The molecule has 190 valence electrons. The molecule has 36 heavy (non-hydrogen) atoms. The number of carbonyl (C=O) groups excluding carboxylic acids is 1. The summed E-state index contributed by atoms with van der Waals surface area (Å²) in [5.74, 6) is 2.11. The minimum absolute atomic E-state index is 0.0424. The van der Waals surface area contributed by atoms with Gasteiger partial charge in [-0.05, 0) is 70.1 Å². The van der Waals surface area contributed by atoms with Crippen LogP contribution in [0.2, 0.25) is 0 Å². The summed E-state index contributed by atoms with van der Waals surface area (Å²) in [5, 5.41) is 9.32. The molecule has 0 spiro atoms. The number of rotatable bonds is 5. The lowest BCUT2D eigenvalue weighted by molar-refractivity contribution is -0.133. The fourth-order valence-electron chi connectivity index (χ4n) is 5.65. The highest BCUT2D eigenvalue weighted by Gasteiger charge is 2.45. The van der Waals surface area contributed by atoms with Crippen LogP contribution in [-0.4, -0.2) is 50.5 Å². The summed E-state index contributed by atoms with van der Waals surface area (Å²) in [6.45, 7) is 8.28. The van der Waals surface area contributed by atoms with Crippen molar-refractivity contribution in [2.75, 3.05) is 23.4 Å². The molecule has 1 saturated carbocycles. The van der Waals surface area contributed by atoms with Crippen molar-refractivity contribution in [3.8, 4) is 5.75 Å². The molecule has 0 unspecified atom stereocenters. The summed E-state index contributed by atoms with van der Waals surface area (Å²) in [6, 6.07) is 4.34. The number of carbonyl (C=O) groups is 1. The van der Waals surface area contributed by atoms with Crippen molar-refractivity contribution in [1.82, 2.24) is 19.7 Å². The maximum Gasteiger partial charge on any atom is 0.272 e. The highest BCUT2D eigenvalue weighted by Crippen LogP contribution is 2.41. The van der Waals surface area contributed by atoms with E-state index >= 15 is 0 Å². The van der Waals surface area contributed by atoms with Gasteiger partial charge < -0.3 is 14.8 Å². The van der Waals surface area contributed by atoms with Gasteiger partial charge in [-0.1, -0.05) is 12.8 Å². The molecule has 0 atom stereocenters. The molecule has 1 amide bonds. The van der Waals surface area contributed by atoms with Crippen LogP contribution in [0, 0.1) is 12.8 Å². The van der Waals surface area contributed by atoms with Gasteiger partial charge in [-0.3, -0.25) is 14.4 Å². The van der Waals surface area contributed by atoms with Gasteiger partial charge in [0.2, 0.25) is 5.95 Å². The summed E-state index contributed by atoms with van der Waals surface area (Å²) >= 11 is 0. The van der Waals surface area contributed by atoms with Gasteiger partial charge >= 0.3 is 0 Å². The number of nitrogens with zero attached hydrogens (tertiary/aromatic N) is 5. The van der Waals surface area contributed by atoms with E-state index in [2.05, 4.69) is 34.2 Å². The van der Waals surface area contributed by atoms with Gasteiger partial charge in [0.15, 0.2) is 17.2 Å². The Kier molecular flexibility index (Phi) is 5.82. The predicted octanol–water partition coefficient (Wildman–Crippen LogP) is 4.75. The van der Waals surface area contributed by atoms with Crippen molar-refractivity contribution in [3.63, 3.8) is 0 Å². The van der Waals surface area contributed by atoms with Crippen LogP contribution in [0.5, 0.6) is 5.75 Å². The van der Waals surface area contributed by atoms with Gasteiger partial charge in [0.1, 0.15) is 0 Å². The number of hydrogen-bond donors (Lipinski definition) is 1. The zero-order valence-electron chi connectivity index (χ0n) is 21.3. The highest BCUT2D eigenvalue weighted by atomic mass is 16.5. The summed E-state index contributed by atoms with van der Waals surface area (Å²) in [4.78, 5) is 24.5. The molecule has 2 aromatic heterocycles. The van der Waals surface area contributed by atoms with Crippen molar-refractivity contribution < 1.29 is 14.3 Å². The van der Waals surface area contributed by atoms with Crippen LogP contribution in [0.25, 0.3) is 10.9 Å². The molecule has 1 aliphatic carbocycles. The van der Waals surface area contributed by atoms with Crippen molar-refractivity contribution in [2.24, 2.45) is 5.92 Å². The summed E-state index contributed by atoms with van der Waals surface area (Å²) < 4.78 is 13.6. The molecule has 0 radical (unpaired) electrons. The number of fused-ring (bicyclic) bond motifs is 2. The van der Waals surface area contributed by atoms with Crippen molar-refractivity contribution in [3.05, 3.63) is 30.1 Å². The summed E-state index contributed by atoms with van der Waals surface area (Å²) in [6.07, 6.45) is 10.2. The van der Waals surface area contributed by atoms with Crippen LogP contribution in [0.15, 0.2) is 24.5 Å². The molecule has 2 aliphatic heterocycles. The number of anilines is 3. The zero-order chi connectivity index (χ0) is 24.9. The van der Waals surface area contributed by atoms with Crippen LogP contribution in [0.3, 0.4) is 0 Å². The highest BCUT2D eigenvalue weighted by molar-refractivity contribution is 6.02. The minimum Gasteiger partial charge on any atom is -0.472 e. The molecule has 6 rings (SSSR count). The molecule has 0 bridgehead atoms. The van der Waals surface area contributed by atoms with E-state index in [1.807, 2.05) is 24.8 Å². The number of amides is 1. The maximum absolute atomic E-state index is 13.3. The lowest BCUT2D eigenvalue weighted by Gasteiger charge is -2.40. The summed E-state index contributed by atoms with van der Waals surface area (Å²) in [5.41, 5.74) is 1.98. The average Bonchev–Trinajstić information content (AvgIpc) is 3.51.